The van der Waals surface area contributed by atoms with Gasteiger partial charge >= 0.3 is 0 Å². The van der Waals surface area contributed by atoms with Gasteiger partial charge in [0.2, 0.25) is 0 Å². The lowest BCUT2D eigenvalue weighted by atomic mass is 9.94. The third kappa shape index (κ3) is 4.80. The van der Waals surface area contributed by atoms with Crippen LogP contribution in [0, 0.1) is 0 Å². The van der Waals surface area contributed by atoms with Crippen LogP contribution in [-0.2, 0) is 0 Å². The first kappa shape index (κ1) is 25.3. The van der Waals surface area contributed by atoms with Gasteiger partial charge in [-0.05, 0) is 67.7 Å². The van der Waals surface area contributed by atoms with Gasteiger partial charge in [-0.2, -0.15) is 0 Å². The van der Waals surface area contributed by atoms with Gasteiger partial charge in [0.15, 0.2) is 0 Å². The average molecular weight is 554 g/mol. The van der Waals surface area contributed by atoms with Crippen LogP contribution in [0.4, 0.5) is 5.69 Å². The highest BCUT2D eigenvalue weighted by atomic mass is 15.2. The number of hydrogen-bond donors (Lipinski definition) is 3. The number of hydrogen-bond acceptors (Lipinski definition) is 3. The number of rotatable bonds is 5. The molecular weight excluding hydrogens is 522 g/mol. The zero-order chi connectivity index (χ0) is 28.6. The third-order valence-corrected chi connectivity index (χ3v) is 8.47. The summed E-state index contributed by atoms with van der Waals surface area (Å²) in [6, 6.07) is 54.1. The minimum Gasteiger partial charge on any atom is -0.366 e. The third-order valence-electron chi connectivity index (χ3n) is 8.47. The van der Waals surface area contributed by atoms with Crippen LogP contribution in [0.15, 0.2) is 158 Å². The molecule has 0 aliphatic carbocycles. The van der Waals surface area contributed by atoms with E-state index in [0.29, 0.717) is 0 Å². The molecule has 2 atom stereocenters. The topological polar surface area (TPSA) is 36.1 Å². The first-order valence-corrected chi connectivity index (χ1v) is 14.9. The molecule has 7 aromatic rings. The fourth-order valence-electron chi connectivity index (χ4n) is 6.38. The van der Waals surface area contributed by atoms with E-state index in [1.807, 2.05) is 0 Å². The van der Waals surface area contributed by atoms with Gasteiger partial charge in [-0.25, -0.2) is 0 Å². The van der Waals surface area contributed by atoms with Gasteiger partial charge < -0.3 is 10.6 Å². The van der Waals surface area contributed by atoms with E-state index in [9.17, 15) is 0 Å². The minimum absolute atomic E-state index is 0.0674. The molecule has 0 fully saturated rings. The molecule has 0 amide bonds. The zero-order valence-corrected chi connectivity index (χ0v) is 23.7. The molecule has 1 aliphatic rings. The Kier molecular flexibility index (Phi) is 6.36. The van der Waals surface area contributed by atoms with Crippen LogP contribution < -0.4 is 16.0 Å². The molecule has 1 aliphatic heterocycles. The molecule has 0 saturated carbocycles. The number of fused-ring (bicyclic) bond motifs is 4. The second-order valence-corrected chi connectivity index (χ2v) is 11.2. The van der Waals surface area contributed by atoms with Crippen molar-refractivity contribution in [1.82, 2.24) is 10.6 Å². The summed E-state index contributed by atoms with van der Waals surface area (Å²) < 4.78 is 0. The monoisotopic (exact) mass is 553 g/mol. The number of benzene rings is 7. The zero-order valence-electron chi connectivity index (χ0n) is 23.7. The summed E-state index contributed by atoms with van der Waals surface area (Å²) in [5, 5.41) is 19.0. The SMILES string of the molecule is C1=C(c2cccc3c2ccc2cc4ccccc4cc23)NC(c2ccccc2)NC1Nc1ccccc1-c1ccccc1. The van der Waals surface area contributed by atoms with Crippen LogP contribution in [0.3, 0.4) is 0 Å². The molecular formula is C40H31N3. The molecule has 1 heterocycles. The number of nitrogens with one attached hydrogen (secondary N) is 3. The van der Waals surface area contributed by atoms with Crippen molar-refractivity contribution in [2.45, 2.75) is 12.3 Å². The number of anilines is 1. The molecule has 3 N–H and O–H groups in total. The fraction of sp³-hybridized carbons (Fsp3) is 0.0500. The second-order valence-electron chi connectivity index (χ2n) is 11.2. The van der Waals surface area contributed by atoms with E-state index in [4.69, 9.17) is 0 Å². The van der Waals surface area contributed by atoms with Gasteiger partial charge in [0.25, 0.3) is 0 Å². The average Bonchev–Trinajstić information content (AvgIpc) is 3.08. The molecule has 0 spiro atoms. The van der Waals surface area contributed by atoms with Crippen LogP contribution in [0.5, 0.6) is 0 Å². The van der Waals surface area contributed by atoms with E-state index in [2.05, 4.69) is 174 Å². The van der Waals surface area contributed by atoms with Crippen molar-refractivity contribution in [1.29, 1.82) is 0 Å². The maximum Gasteiger partial charge on any atom is 0.105 e. The summed E-state index contributed by atoms with van der Waals surface area (Å²) in [7, 11) is 0. The first-order valence-electron chi connectivity index (χ1n) is 14.9. The van der Waals surface area contributed by atoms with Crippen molar-refractivity contribution < 1.29 is 0 Å². The Morgan fingerprint density at radius 2 is 1.19 bits per heavy atom. The molecule has 0 radical (unpaired) electrons. The second kappa shape index (κ2) is 10.8. The highest BCUT2D eigenvalue weighted by Gasteiger charge is 2.24. The molecule has 7 aromatic carbocycles. The van der Waals surface area contributed by atoms with Crippen LogP contribution in [-0.4, -0.2) is 6.17 Å². The Morgan fingerprint density at radius 3 is 2.02 bits per heavy atom. The van der Waals surface area contributed by atoms with Gasteiger partial charge in [-0.3, -0.25) is 5.32 Å². The standard InChI is InChI=1S/C40H31N3/c1-3-12-27(13-4-1)32-18-9-10-21-37(32)41-39-26-38(42-40(43-39)28-14-5-2-6-15-28)35-20-11-19-33-34(35)23-22-31-24-29-16-7-8-17-30(29)25-36(31)33/h1-26,39-43H. The number of para-hydroxylation sites is 1. The predicted molar refractivity (Wildman–Crippen MR) is 182 cm³/mol. The molecule has 0 bridgehead atoms. The van der Waals surface area contributed by atoms with Crippen molar-refractivity contribution in [2.75, 3.05) is 5.32 Å². The van der Waals surface area contributed by atoms with Crippen molar-refractivity contribution >= 4 is 43.7 Å². The summed E-state index contributed by atoms with van der Waals surface area (Å²) >= 11 is 0. The summed E-state index contributed by atoms with van der Waals surface area (Å²) in [5.74, 6) is 0. The largest absolute Gasteiger partial charge is 0.366 e. The van der Waals surface area contributed by atoms with E-state index in [-0.39, 0.29) is 12.3 Å². The predicted octanol–water partition coefficient (Wildman–Crippen LogP) is 9.48. The minimum atomic E-state index is -0.106. The molecule has 8 rings (SSSR count). The lowest BCUT2D eigenvalue weighted by Gasteiger charge is -2.34. The summed E-state index contributed by atoms with van der Waals surface area (Å²) in [6.07, 6.45) is 2.11. The van der Waals surface area contributed by atoms with Crippen molar-refractivity contribution in [3.05, 3.63) is 169 Å². The van der Waals surface area contributed by atoms with Gasteiger partial charge in [-0.1, -0.05) is 133 Å². The van der Waals surface area contributed by atoms with E-state index >= 15 is 0 Å². The van der Waals surface area contributed by atoms with E-state index < -0.39 is 0 Å². The molecule has 0 saturated heterocycles. The van der Waals surface area contributed by atoms with Gasteiger partial charge in [0.1, 0.15) is 12.3 Å². The molecule has 0 aromatic heterocycles. The summed E-state index contributed by atoms with van der Waals surface area (Å²) in [5.41, 5.74) is 6.95. The van der Waals surface area contributed by atoms with Crippen LogP contribution in [0.2, 0.25) is 0 Å². The van der Waals surface area contributed by atoms with E-state index in [1.165, 1.54) is 54.6 Å². The smallest absolute Gasteiger partial charge is 0.105 e. The Morgan fingerprint density at radius 1 is 0.488 bits per heavy atom. The van der Waals surface area contributed by atoms with Crippen LogP contribution >= 0.6 is 0 Å². The van der Waals surface area contributed by atoms with Gasteiger partial charge in [0, 0.05) is 22.5 Å². The molecule has 206 valence electrons. The summed E-state index contributed by atoms with van der Waals surface area (Å²) in [6.45, 7) is 0. The van der Waals surface area contributed by atoms with Crippen molar-refractivity contribution in [3.63, 3.8) is 0 Å². The maximum absolute atomic E-state index is 3.83. The maximum atomic E-state index is 3.83. The molecule has 43 heavy (non-hydrogen) atoms. The highest BCUT2D eigenvalue weighted by molar-refractivity contribution is 6.14. The molecule has 3 nitrogen and oxygen atoms in total. The van der Waals surface area contributed by atoms with E-state index in [0.717, 1.165) is 11.4 Å². The van der Waals surface area contributed by atoms with Gasteiger partial charge in [0.05, 0.1) is 0 Å². The Bertz CT molecular complexity index is 2120. The lowest BCUT2D eigenvalue weighted by molar-refractivity contribution is 0.457. The van der Waals surface area contributed by atoms with Crippen LogP contribution in [0.25, 0.3) is 49.1 Å². The van der Waals surface area contributed by atoms with Gasteiger partial charge in [-0.15, -0.1) is 0 Å². The van der Waals surface area contributed by atoms with E-state index in [1.54, 1.807) is 0 Å². The molecule has 3 heteroatoms. The lowest BCUT2D eigenvalue weighted by Crippen LogP contribution is -2.47. The first-order chi connectivity index (χ1) is 21.3. The highest BCUT2D eigenvalue weighted by Crippen LogP contribution is 2.35. The van der Waals surface area contributed by atoms with Crippen molar-refractivity contribution in [2.24, 2.45) is 0 Å². The Hall–Kier alpha value is -5.38. The summed E-state index contributed by atoms with van der Waals surface area (Å²) in [4.78, 5) is 0. The quantitative estimate of drug-likeness (QED) is 0.147. The fourth-order valence-corrected chi connectivity index (χ4v) is 6.38. The Balaban J connectivity index is 1.24. The Labute approximate surface area is 251 Å². The normalized spacial score (nSPS) is 16.6. The molecule has 2 unspecified atom stereocenters. The van der Waals surface area contributed by atoms with Crippen LogP contribution in [0.1, 0.15) is 17.3 Å². The van der Waals surface area contributed by atoms with Crippen molar-refractivity contribution in [3.8, 4) is 11.1 Å².